The van der Waals surface area contributed by atoms with Gasteiger partial charge in [-0.1, -0.05) is 6.07 Å². The number of carbonyl (C=O) groups excluding carboxylic acids is 1. The van der Waals surface area contributed by atoms with E-state index in [2.05, 4.69) is 5.32 Å². The van der Waals surface area contributed by atoms with E-state index in [-0.39, 0.29) is 6.54 Å². The van der Waals surface area contributed by atoms with Crippen LogP contribution < -0.4 is 5.32 Å². The molecule has 0 aliphatic heterocycles. The predicted octanol–water partition coefficient (Wildman–Crippen LogP) is 1.72. The quantitative estimate of drug-likeness (QED) is 0.855. The average molecular weight is 248 g/mol. The third-order valence-corrected chi connectivity index (χ3v) is 3.07. The third kappa shape index (κ3) is 2.80. The van der Waals surface area contributed by atoms with E-state index >= 15 is 0 Å². The molecule has 2 amide bonds. The van der Waals surface area contributed by atoms with E-state index in [1.165, 1.54) is 18.2 Å². The first-order chi connectivity index (χ1) is 8.56. The lowest BCUT2D eigenvalue weighted by Gasteiger charge is -2.16. The molecule has 5 heteroatoms. The minimum atomic E-state index is -1.03. The molecule has 2 rings (SSSR count). The van der Waals surface area contributed by atoms with Crippen molar-refractivity contribution in [3.8, 4) is 0 Å². The lowest BCUT2D eigenvalue weighted by atomic mass is 10.1. The SMILES string of the molecule is CN(CC(=O)O)C(=O)Nc1ccc2c(c1)CCC2. The summed E-state index contributed by atoms with van der Waals surface area (Å²) in [5.41, 5.74) is 3.33. The maximum absolute atomic E-state index is 11.7. The smallest absolute Gasteiger partial charge is 0.323 e. The van der Waals surface area contributed by atoms with Gasteiger partial charge in [-0.3, -0.25) is 4.79 Å². The number of aryl methyl sites for hydroxylation is 2. The fourth-order valence-electron chi connectivity index (χ4n) is 2.14. The molecule has 0 spiro atoms. The number of fused-ring (bicyclic) bond motifs is 1. The van der Waals surface area contributed by atoms with Gasteiger partial charge in [-0.15, -0.1) is 0 Å². The Morgan fingerprint density at radius 2 is 2.06 bits per heavy atom. The first-order valence-corrected chi connectivity index (χ1v) is 5.92. The summed E-state index contributed by atoms with van der Waals surface area (Å²) in [6.45, 7) is -0.309. The summed E-state index contributed by atoms with van der Waals surface area (Å²) < 4.78 is 0. The molecule has 0 fully saturated rings. The monoisotopic (exact) mass is 248 g/mol. The molecule has 0 radical (unpaired) electrons. The fourth-order valence-corrected chi connectivity index (χ4v) is 2.14. The second-order valence-electron chi connectivity index (χ2n) is 4.52. The van der Waals surface area contributed by atoms with Crippen LogP contribution in [0.15, 0.2) is 18.2 Å². The van der Waals surface area contributed by atoms with Crippen molar-refractivity contribution in [3.05, 3.63) is 29.3 Å². The minimum absolute atomic E-state index is 0.309. The lowest BCUT2D eigenvalue weighted by Crippen LogP contribution is -2.35. The van der Waals surface area contributed by atoms with Crippen LogP contribution in [0.2, 0.25) is 0 Å². The molecule has 1 aliphatic rings. The number of amides is 2. The Bertz CT molecular complexity index is 485. The zero-order valence-electron chi connectivity index (χ0n) is 10.3. The summed E-state index contributed by atoms with van der Waals surface area (Å²) >= 11 is 0. The van der Waals surface area contributed by atoms with Gasteiger partial charge in [0.05, 0.1) is 0 Å². The zero-order chi connectivity index (χ0) is 13.1. The molecule has 5 nitrogen and oxygen atoms in total. The van der Waals surface area contributed by atoms with Gasteiger partial charge in [0.15, 0.2) is 0 Å². The minimum Gasteiger partial charge on any atom is -0.480 e. The van der Waals surface area contributed by atoms with Crippen LogP contribution in [-0.2, 0) is 17.6 Å². The number of benzene rings is 1. The molecule has 96 valence electrons. The number of hydrogen-bond acceptors (Lipinski definition) is 2. The highest BCUT2D eigenvalue weighted by atomic mass is 16.4. The molecule has 0 heterocycles. The van der Waals surface area contributed by atoms with Gasteiger partial charge in [0.1, 0.15) is 6.54 Å². The van der Waals surface area contributed by atoms with Crippen molar-refractivity contribution in [3.63, 3.8) is 0 Å². The highest BCUT2D eigenvalue weighted by Gasteiger charge is 2.14. The molecular weight excluding hydrogens is 232 g/mol. The Kier molecular flexibility index (Phi) is 3.50. The lowest BCUT2D eigenvalue weighted by molar-refractivity contribution is -0.137. The van der Waals surface area contributed by atoms with Crippen molar-refractivity contribution in [2.24, 2.45) is 0 Å². The molecule has 1 aliphatic carbocycles. The van der Waals surface area contributed by atoms with E-state index in [9.17, 15) is 9.59 Å². The van der Waals surface area contributed by atoms with Crippen molar-refractivity contribution < 1.29 is 14.7 Å². The topological polar surface area (TPSA) is 69.6 Å². The molecule has 18 heavy (non-hydrogen) atoms. The summed E-state index contributed by atoms with van der Waals surface area (Å²) in [5.74, 6) is -1.03. The van der Waals surface area contributed by atoms with Gasteiger partial charge >= 0.3 is 12.0 Å². The van der Waals surface area contributed by atoms with Crippen molar-refractivity contribution in [2.45, 2.75) is 19.3 Å². The normalized spacial score (nSPS) is 12.9. The first-order valence-electron chi connectivity index (χ1n) is 5.92. The van der Waals surface area contributed by atoms with Crippen LogP contribution in [-0.4, -0.2) is 35.6 Å². The van der Waals surface area contributed by atoms with Crippen molar-refractivity contribution in [1.82, 2.24) is 4.90 Å². The number of nitrogens with zero attached hydrogens (tertiary/aromatic N) is 1. The highest BCUT2D eigenvalue weighted by molar-refractivity contribution is 5.91. The molecule has 0 aromatic heterocycles. The summed E-state index contributed by atoms with van der Waals surface area (Å²) in [4.78, 5) is 23.3. The second kappa shape index (κ2) is 5.08. The summed E-state index contributed by atoms with van der Waals surface area (Å²) in [6, 6.07) is 5.44. The number of aliphatic carboxylic acids is 1. The van der Waals surface area contributed by atoms with E-state index < -0.39 is 12.0 Å². The van der Waals surface area contributed by atoms with Crippen molar-refractivity contribution in [2.75, 3.05) is 18.9 Å². The largest absolute Gasteiger partial charge is 0.480 e. The van der Waals surface area contributed by atoms with E-state index in [0.717, 1.165) is 29.8 Å². The fraction of sp³-hybridized carbons (Fsp3) is 0.385. The Morgan fingerprint density at radius 3 is 2.78 bits per heavy atom. The van der Waals surface area contributed by atoms with E-state index in [1.807, 2.05) is 18.2 Å². The number of likely N-dealkylation sites (N-methyl/N-ethyl adjacent to an activating group) is 1. The number of nitrogens with one attached hydrogen (secondary N) is 1. The van der Waals surface area contributed by atoms with Gasteiger partial charge in [-0.05, 0) is 42.5 Å². The molecule has 0 saturated heterocycles. The highest BCUT2D eigenvalue weighted by Crippen LogP contribution is 2.24. The molecular formula is C13H16N2O3. The number of urea groups is 1. The van der Waals surface area contributed by atoms with Crippen LogP contribution in [0.3, 0.4) is 0 Å². The van der Waals surface area contributed by atoms with Crippen LogP contribution in [0.25, 0.3) is 0 Å². The van der Waals surface area contributed by atoms with E-state index in [0.29, 0.717) is 0 Å². The Morgan fingerprint density at radius 1 is 1.33 bits per heavy atom. The maximum Gasteiger partial charge on any atom is 0.323 e. The number of carboxylic acids is 1. The van der Waals surface area contributed by atoms with Crippen molar-refractivity contribution >= 4 is 17.7 Å². The number of carboxylic acid groups (broad SMARTS) is 1. The second-order valence-corrected chi connectivity index (χ2v) is 4.52. The molecule has 2 N–H and O–H groups in total. The predicted molar refractivity (Wildman–Crippen MR) is 67.8 cm³/mol. The van der Waals surface area contributed by atoms with Gasteiger partial charge in [-0.2, -0.15) is 0 Å². The first kappa shape index (κ1) is 12.4. The van der Waals surface area contributed by atoms with Gasteiger partial charge < -0.3 is 15.3 Å². The maximum atomic E-state index is 11.7. The Labute approximate surface area is 105 Å². The number of carbonyl (C=O) groups is 2. The van der Waals surface area contributed by atoms with Crippen LogP contribution in [0.4, 0.5) is 10.5 Å². The van der Waals surface area contributed by atoms with Crippen molar-refractivity contribution in [1.29, 1.82) is 0 Å². The molecule has 0 bridgehead atoms. The van der Waals surface area contributed by atoms with Crippen LogP contribution >= 0.6 is 0 Å². The molecule has 0 saturated carbocycles. The van der Waals surface area contributed by atoms with Gasteiger partial charge in [0, 0.05) is 12.7 Å². The molecule has 0 atom stereocenters. The van der Waals surface area contributed by atoms with E-state index in [4.69, 9.17) is 5.11 Å². The molecule has 0 unspecified atom stereocenters. The van der Waals surface area contributed by atoms with Gasteiger partial charge in [0.25, 0.3) is 0 Å². The van der Waals surface area contributed by atoms with Crippen LogP contribution in [0.1, 0.15) is 17.5 Å². The number of anilines is 1. The van der Waals surface area contributed by atoms with Gasteiger partial charge in [-0.25, -0.2) is 4.79 Å². The Hall–Kier alpha value is -2.04. The molecule has 1 aromatic carbocycles. The summed E-state index contributed by atoms with van der Waals surface area (Å²) in [7, 11) is 1.46. The summed E-state index contributed by atoms with van der Waals surface area (Å²) in [5, 5.41) is 11.3. The summed E-state index contributed by atoms with van der Waals surface area (Å²) in [6.07, 6.45) is 3.30. The van der Waals surface area contributed by atoms with E-state index in [1.54, 1.807) is 0 Å². The third-order valence-electron chi connectivity index (χ3n) is 3.07. The average Bonchev–Trinajstić information content (AvgIpc) is 2.75. The zero-order valence-corrected chi connectivity index (χ0v) is 10.3. The Balaban J connectivity index is 2.01. The number of rotatable bonds is 3. The van der Waals surface area contributed by atoms with Gasteiger partial charge in [0.2, 0.25) is 0 Å². The number of hydrogen-bond donors (Lipinski definition) is 2. The molecule has 1 aromatic rings. The van der Waals surface area contributed by atoms with Crippen LogP contribution in [0, 0.1) is 0 Å². The standard InChI is InChI=1S/C13H16N2O3/c1-15(8-12(16)17)13(18)14-11-6-5-9-3-2-4-10(9)7-11/h5-7H,2-4,8H2,1H3,(H,14,18)(H,16,17). The van der Waals surface area contributed by atoms with Crippen LogP contribution in [0.5, 0.6) is 0 Å².